The summed E-state index contributed by atoms with van der Waals surface area (Å²) < 4.78 is 10.4. The first-order valence-corrected chi connectivity index (χ1v) is 5.35. The highest BCUT2D eigenvalue weighted by molar-refractivity contribution is 5.79. The molecule has 16 heavy (non-hydrogen) atoms. The molecule has 2 aromatic rings. The Labute approximate surface area is 93.7 Å². The Kier molecular flexibility index (Phi) is 2.95. The number of aryl methyl sites for hydroxylation is 1. The number of hydrogen-bond acceptors (Lipinski definition) is 3. The van der Waals surface area contributed by atoms with E-state index in [1.54, 1.807) is 19.2 Å². The van der Waals surface area contributed by atoms with Crippen molar-refractivity contribution in [3.05, 3.63) is 40.2 Å². The molecule has 0 saturated heterocycles. The van der Waals surface area contributed by atoms with Crippen LogP contribution in [0.25, 0.3) is 11.0 Å². The van der Waals surface area contributed by atoms with Crippen molar-refractivity contribution in [1.29, 1.82) is 0 Å². The first-order valence-electron chi connectivity index (χ1n) is 5.35. The Morgan fingerprint density at radius 1 is 1.31 bits per heavy atom. The van der Waals surface area contributed by atoms with Crippen LogP contribution in [0, 0.1) is 0 Å². The van der Waals surface area contributed by atoms with Gasteiger partial charge in [-0.1, -0.05) is 13.3 Å². The first-order chi connectivity index (χ1) is 7.74. The quantitative estimate of drug-likeness (QED) is 0.743. The number of ether oxygens (including phenoxy) is 1. The van der Waals surface area contributed by atoms with Crippen molar-refractivity contribution in [2.75, 3.05) is 7.11 Å². The number of fused-ring (bicyclic) bond motifs is 1. The smallest absolute Gasteiger partial charge is 0.336 e. The molecule has 3 heteroatoms. The minimum Gasteiger partial charge on any atom is -0.496 e. The predicted molar refractivity (Wildman–Crippen MR) is 63.0 cm³/mol. The van der Waals surface area contributed by atoms with Gasteiger partial charge in [0.15, 0.2) is 0 Å². The van der Waals surface area contributed by atoms with Crippen LogP contribution in [0.15, 0.2) is 33.5 Å². The molecule has 0 bridgehead atoms. The molecular weight excluding hydrogens is 204 g/mol. The molecule has 0 unspecified atom stereocenters. The second-order valence-corrected chi connectivity index (χ2v) is 3.71. The van der Waals surface area contributed by atoms with Crippen LogP contribution in [-0.4, -0.2) is 7.11 Å². The van der Waals surface area contributed by atoms with Gasteiger partial charge in [0.05, 0.1) is 7.11 Å². The van der Waals surface area contributed by atoms with Crippen LogP contribution in [0.1, 0.15) is 18.9 Å². The molecule has 0 aliphatic heterocycles. The van der Waals surface area contributed by atoms with E-state index in [2.05, 4.69) is 6.92 Å². The topological polar surface area (TPSA) is 39.4 Å². The molecule has 1 heterocycles. The molecule has 0 saturated carbocycles. The summed E-state index contributed by atoms with van der Waals surface area (Å²) in [4.78, 5) is 11.1. The van der Waals surface area contributed by atoms with Gasteiger partial charge in [-0.05, 0) is 24.1 Å². The first kappa shape index (κ1) is 10.7. The molecule has 84 valence electrons. The monoisotopic (exact) mass is 218 g/mol. The van der Waals surface area contributed by atoms with E-state index in [1.165, 1.54) is 6.07 Å². The Bertz CT molecular complexity index is 555. The van der Waals surface area contributed by atoms with Gasteiger partial charge in [-0.25, -0.2) is 4.79 Å². The number of methoxy groups -OCH3 is 1. The van der Waals surface area contributed by atoms with Crippen molar-refractivity contribution in [1.82, 2.24) is 0 Å². The van der Waals surface area contributed by atoms with Gasteiger partial charge >= 0.3 is 5.63 Å². The summed E-state index contributed by atoms with van der Waals surface area (Å²) in [6, 6.07) is 7.01. The Morgan fingerprint density at radius 2 is 2.12 bits per heavy atom. The number of benzene rings is 1. The van der Waals surface area contributed by atoms with Crippen molar-refractivity contribution in [3.8, 4) is 5.75 Å². The van der Waals surface area contributed by atoms with E-state index in [1.807, 2.05) is 6.07 Å². The summed E-state index contributed by atoms with van der Waals surface area (Å²) >= 11 is 0. The molecule has 0 aliphatic carbocycles. The maximum Gasteiger partial charge on any atom is 0.336 e. The van der Waals surface area contributed by atoms with Gasteiger partial charge in [0.2, 0.25) is 0 Å². The minimum absolute atomic E-state index is 0.335. The zero-order chi connectivity index (χ0) is 11.5. The standard InChI is InChI=1S/C13H14O3/c1-3-4-9-7-10-5-6-13(14)16-12(10)8-11(9)15-2/h5-8H,3-4H2,1-2H3. The second-order valence-electron chi connectivity index (χ2n) is 3.71. The average Bonchev–Trinajstić information content (AvgIpc) is 2.29. The fourth-order valence-corrected chi connectivity index (χ4v) is 1.80. The van der Waals surface area contributed by atoms with Crippen LogP contribution in [0.4, 0.5) is 0 Å². The van der Waals surface area contributed by atoms with E-state index in [4.69, 9.17) is 9.15 Å². The van der Waals surface area contributed by atoms with E-state index < -0.39 is 0 Å². The summed E-state index contributed by atoms with van der Waals surface area (Å²) in [5.74, 6) is 0.781. The molecule has 0 amide bonds. The highest BCUT2D eigenvalue weighted by Gasteiger charge is 2.06. The molecule has 2 rings (SSSR count). The van der Waals surface area contributed by atoms with Gasteiger partial charge < -0.3 is 9.15 Å². The van der Waals surface area contributed by atoms with Crippen molar-refractivity contribution in [2.24, 2.45) is 0 Å². The summed E-state index contributed by atoms with van der Waals surface area (Å²) in [7, 11) is 1.63. The third-order valence-corrected chi connectivity index (χ3v) is 2.54. The van der Waals surface area contributed by atoms with Crippen molar-refractivity contribution in [2.45, 2.75) is 19.8 Å². The molecule has 0 fully saturated rings. The molecular formula is C13H14O3. The van der Waals surface area contributed by atoms with E-state index >= 15 is 0 Å². The van der Waals surface area contributed by atoms with Crippen molar-refractivity contribution in [3.63, 3.8) is 0 Å². The van der Waals surface area contributed by atoms with Crippen LogP contribution in [0.5, 0.6) is 5.75 Å². The lowest BCUT2D eigenvalue weighted by molar-refractivity contribution is 0.408. The third kappa shape index (κ3) is 1.94. The summed E-state index contributed by atoms with van der Waals surface area (Å²) in [6.07, 6.45) is 2.01. The van der Waals surface area contributed by atoms with E-state index in [9.17, 15) is 4.79 Å². The number of rotatable bonds is 3. The van der Waals surface area contributed by atoms with Gasteiger partial charge in [-0.2, -0.15) is 0 Å². The van der Waals surface area contributed by atoms with Crippen molar-refractivity contribution < 1.29 is 9.15 Å². The Balaban J connectivity index is 2.65. The Hall–Kier alpha value is -1.77. The number of hydrogen-bond donors (Lipinski definition) is 0. The van der Waals surface area contributed by atoms with Crippen LogP contribution in [-0.2, 0) is 6.42 Å². The van der Waals surface area contributed by atoms with Gasteiger partial charge in [0.1, 0.15) is 11.3 Å². The maximum atomic E-state index is 11.1. The zero-order valence-corrected chi connectivity index (χ0v) is 9.45. The fraction of sp³-hybridized carbons (Fsp3) is 0.308. The normalized spacial score (nSPS) is 10.6. The van der Waals surface area contributed by atoms with Gasteiger partial charge in [-0.15, -0.1) is 0 Å². The van der Waals surface area contributed by atoms with Gasteiger partial charge in [0.25, 0.3) is 0 Å². The summed E-state index contributed by atoms with van der Waals surface area (Å²) in [5, 5.41) is 0.934. The SMILES string of the molecule is CCCc1cc2ccc(=O)oc2cc1OC. The summed E-state index contributed by atoms with van der Waals surface area (Å²) in [5.41, 5.74) is 1.38. The lowest BCUT2D eigenvalue weighted by Crippen LogP contribution is -1.97. The molecule has 1 aromatic carbocycles. The second kappa shape index (κ2) is 4.39. The third-order valence-electron chi connectivity index (χ3n) is 2.54. The lowest BCUT2D eigenvalue weighted by Gasteiger charge is -2.08. The predicted octanol–water partition coefficient (Wildman–Crippen LogP) is 2.75. The van der Waals surface area contributed by atoms with Crippen LogP contribution >= 0.6 is 0 Å². The highest BCUT2D eigenvalue weighted by atomic mass is 16.5. The molecule has 0 N–H and O–H groups in total. The fourth-order valence-electron chi connectivity index (χ4n) is 1.80. The molecule has 1 aromatic heterocycles. The molecule has 0 atom stereocenters. The van der Waals surface area contributed by atoms with Crippen LogP contribution in [0.2, 0.25) is 0 Å². The minimum atomic E-state index is -0.335. The van der Waals surface area contributed by atoms with Gasteiger partial charge in [0, 0.05) is 17.5 Å². The maximum absolute atomic E-state index is 11.1. The highest BCUT2D eigenvalue weighted by Crippen LogP contribution is 2.26. The molecule has 0 spiro atoms. The lowest BCUT2D eigenvalue weighted by atomic mass is 10.1. The average molecular weight is 218 g/mol. The molecule has 3 nitrogen and oxygen atoms in total. The van der Waals surface area contributed by atoms with E-state index in [-0.39, 0.29) is 5.63 Å². The van der Waals surface area contributed by atoms with E-state index in [0.29, 0.717) is 5.58 Å². The Morgan fingerprint density at radius 3 is 2.81 bits per heavy atom. The van der Waals surface area contributed by atoms with E-state index in [0.717, 1.165) is 29.5 Å². The zero-order valence-electron chi connectivity index (χ0n) is 9.45. The van der Waals surface area contributed by atoms with Gasteiger partial charge in [-0.3, -0.25) is 0 Å². The largest absolute Gasteiger partial charge is 0.496 e. The summed E-state index contributed by atoms with van der Waals surface area (Å²) in [6.45, 7) is 2.12. The molecule has 0 aliphatic rings. The van der Waals surface area contributed by atoms with Crippen LogP contribution < -0.4 is 10.4 Å². The van der Waals surface area contributed by atoms with Crippen molar-refractivity contribution >= 4 is 11.0 Å². The molecule has 0 radical (unpaired) electrons. The van der Waals surface area contributed by atoms with Crippen LogP contribution in [0.3, 0.4) is 0 Å².